The van der Waals surface area contributed by atoms with Gasteiger partial charge < -0.3 is 15.2 Å². The van der Waals surface area contributed by atoms with E-state index in [0.717, 1.165) is 11.1 Å². The number of aliphatic hydroxyl groups is 1. The van der Waals surface area contributed by atoms with Gasteiger partial charge in [-0.2, -0.15) is 0 Å². The Morgan fingerprint density at radius 2 is 1.85 bits per heavy atom. The summed E-state index contributed by atoms with van der Waals surface area (Å²) < 4.78 is 4.57. The van der Waals surface area contributed by atoms with E-state index in [4.69, 9.17) is 0 Å². The van der Waals surface area contributed by atoms with Crippen molar-refractivity contribution in [3.8, 4) is 11.8 Å². The number of esters is 1. The number of hydrogen-bond acceptors (Lipinski definition) is 5. The first-order chi connectivity index (χ1) is 13.0. The number of benzene rings is 1. The third-order valence-corrected chi connectivity index (χ3v) is 3.65. The van der Waals surface area contributed by atoms with Crippen LogP contribution in [0.5, 0.6) is 0 Å². The predicted octanol–water partition coefficient (Wildman–Crippen LogP) is 1.80. The van der Waals surface area contributed by atoms with Crippen LogP contribution in [0.25, 0.3) is 6.08 Å². The lowest BCUT2D eigenvalue weighted by Crippen LogP contribution is -2.48. The van der Waals surface area contributed by atoms with Crippen molar-refractivity contribution in [3.05, 3.63) is 71.6 Å². The van der Waals surface area contributed by atoms with E-state index in [2.05, 4.69) is 26.9 Å². The van der Waals surface area contributed by atoms with Crippen LogP contribution in [0.15, 0.2) is 54.9 Å². The molecule has 6 heteroatoms. The van der Waals surface area contributed by atoms with Crippen LogP contribution in [0, 0.1) is 11.8 Å². The number of aliphatic hydroxyl groups excluding tert-OH is 1. The van der Waals surface area contributed by atoms with Crippen LogP contribution in [-0.4, -0.2) is 41.2 Å². The Labute approximate surface area is 157 Å². The van der Waals surface area contributed by atoms with E-state index < -0.39 is 24.0 Å². The number of rotatable bonds is 5. The number of carbonyl (C=O) groups excluding carboxylic acids is 2. The molecule has 138 valence electrons. The van der Waals surface area contributed by atoms with E-state index in [1.165, 1.54) is 14.0 Å². The van der Waals surface area contributed by atoms with Gasteiger partial charge in [0.15, 0.2) is 6.04 Å². The number of aromatic nitrogens is 1. The van der Waals surface area contributed by atoms with E-state index in [1.807, 2.05) is 18.2 Å². The summed E-state index contributed by atoms with van der Waals surface area (Å²) in [6.07, 6.45) is 5.95. The summed E-state index contributed by atoms with van der Waals surface area (Å²) in [5.74, 6) is 4.70. The minimum atomic E-state index is -1.12. The molecule has 1 heterocycles. The van der Waals surface area contributed by atoms with Crippen LogP contribution >= 0.6 is 0 Å². The Kier molecular flexibility index (Phi) is 7.29. The third-order valence-electron chi connectivity index (χ3n) is 3.65. The molecule has 0 aliphatic heterocycles. The average molecular weight is 364 g/mol. The maximum atomic E-state index is 12.2. The fourth-order valence-electron chi connectivity index (χ4n) is 2.17. The van der Waals surface area contributed by atoms with Crippen molar-refractivity contribution in [1.82, 2.24) is 10.3 Å². The molecule has 0 unspecified atom stereocenters. The van der Waals surface area contributed by atoms with Crippen LogP contribution in [-0.2, 0) is 9.53 Å². The van der Waals surface area contributed by atoms with Gasteiger partial charge in [-0.3, -0.25) is 9.78 Å². The molecule has 2 N–H and O–H groups in total. The zero-order chi connectivity index (χ0) is 19.6. The van der Waals surface area contributed by atoms with Gasteiger partial charge in [-0.15, -0.1) is 0 Å². The molecule has 1 aromatic heterocycles. The first kappa shape index (κ1) is 19.9. The van der Waals surface area contributed by atoms with Crippen LogP contribution < -0.4 is 5.32 Å². The summed E-state index contributed by atoms with van der Waals surface area (Å²) >= 11 is 0. The molecule has 1 aromatic carbocycles. The van der Waals surface area contributed by atoms with Crippen LogP contribution in [0.4, 0.5) is 0 Å². The number of hydrogen-bond donors (Lipinski definition) is 2. The first-order valence-corrected chi connectivity index (χ1v) is 8.26. The monoisotopic (exact) mass is 364 g/mol. The molecule has 27 heavy (non-hydrogen) atoms. The standard InChI is InChI=1S/C21H20N2O4/c1-15(24)19(21(26)27-2)23-20(25)18-9-7-16(8-10-18)5-3-4-6-17-11-13-22-14-12-17/h4,6-15,19,24H,1-2H3,(H,23,25)/t15-,19+/m1/s1. The topological polar surface area (TPSA) is 88.5 Å². The number of nitrogens with zero attached hydrogens (tertiary/aromatic N) is 1. The van der Waals surface area contributed by atoms with Gasteiger partial charge in [0.05, 0.1) is 13.2 Å². The molecule has 0 saturated carbocycles. The maximum absolute atomic E-state index is 12.2. The van der Waals surface area contributed by atoms with Gasteiger partial charge in [0.1, 0.15) is 0 Å². The van der Waals surface area contributed by atoms with Crippen LogP contribution in [0.2, 0.25) is 0 Å². The van der Waals surface area contributed by atoms with Gasteiger partial charge in [0, 0.05) is 23.5 Å². The summed E-state index contributed by atoms with van der Waals surface area (Å²) in [6.45, 7) is 1.40. The number of carbonyl (C=O) groups is 2. The molecule has 2 rings (SSSR count). The van der Waals surface area contributed by atoms with E-state index in [9.17, 15) is 14.7 Å². The lowest BCUT2D eigenvalue weighted by Gasteiger charge is -2.18. The molecular formula is C21H20N2O4. The van der Waals surface area contributed by atoms with Gasteiger partial charge in [-0.05, 0) is 61.0 Å². The molecule has 0 fully saturated rings. The summed E-state index contributed by atoms with van der Waals surface area (Å²) in [5.41, 5.74) is 2.10. The number of methoxy groups -OCH3 is 1. The Morgan fingerprint density at radius 3 is 2.44 bits per heavy atom. The lowest BCUT2D eigenvalue weighted by molar-refractivity contribution is -0.145. The molecule has 0 radical (unpaired) electrons. The summed E-state index contributed by atoms with van der Waals surface area (Å²) in [7, 11) is 1.19. The van der Waals surface area contributed by atoms with Crippen molar-refractivity contribution in [2.75, 3.05) is 7.11 Å². The number of nitrogens with one attached hydrogen (secondary N) is 1. The zero-order valence-corrected chi connectivity index (χ0v) is 15.0. The maximum Gasteiger partial charge on any atom is 0.331 e. The second kappa shape index (κ2) is 9.90. The number of pyridine rings is 1. The highest BCUT2D eigenvalue weighted by atomic mass is 16.5. The van der Waals surface area contributed by atoms with Crippen molar-refractivity contribution >= 4 is 18.0 Å². The molecule has 0 aliphatic carbocycles. The van der Waals surface area contributed by atoms with Crippen molar-refractivity contribution in [2.45, 2.75) is 19.1 Å². The molecule has 1 amide bonds. The second-order valence-electron chi connectivity index (χ2n) is 5.68. The highest BCUT2D eigenvalue weighted by Gasteiger charge is 2.26. The summed E-state index contributed by atoms with van der Waals surface area (Å²) in [5, 5.41) is 12.1. The zero-order valence-electron chi connectivity index (χ0n) is 15.0. The molecule has 6 nitrogen and oxygen atoms in total. The first-order valence-electron chi connectivity index (χ1n) is 8.26. The van der Waals surface area contributed by atoms with Crippen LogP contribution in [0.3, 0.4) is 0 Å². The van der Waals surface area contributed by atoms with Gasteiger partial charge >= 0.3 is 5.97 Å². The van der Waals surface area contributed by atoms with E-state index in [0.29, 0.717) is 5.56 Å². The largest absolute Gasteiger partial charge is 0.467 e. The minimum Gasteiger partial charge on any atom is -0.467 e. The Balaban J connectivity index is 2.00. The SMILES string of the molecule is COC(=O)[C@@H](NC(=O)c1ccc(C#CC=Cc2ccncc2)cc1)[C@@H](C)O. The van der Waals surface area contributed by atoms with Gasteiger partial charge in [0.2, 0.25) is 0 Å². The normalized spacial score (nSPS) is 12.6. The number of allylic oxidation sites excluding steroid dienone is 1. The second-order valence-corrected chi connectivity index (χ2v) is 5.68. The molecule has 2 aromatic rings. The molecular weight excluding hydrogens is 344 g/mol. The van der Waals surface area contributed by atoms with E-state index >= 15 is 0 Å². The van der Waals surface area contributed by atoms with E-state index in [-0.39, 0.29) is 0 Å². The molecule has 0 aliphatic rings. The van der Waals surface area contributed by atoms with Crippen LogP contribution in [0.1, 0.15) is 28.4 Å². The quantitative estimate of drug-likeness (QED) is 0.624. The lowest BCUT2D eigenvalue weighted by atomic mass is 10.1. The molecule has 0 spiro atoms. The minimum absolute atomic E-state index is 0.349. The average Bonchev–Trinajstić information content (AvgIpc) is 2.69. The summed E-state index contributed by atoms with van der Waals surface area (Å²) in [6, 6.07) is 9.24. The van der Waals surface area contributed by atoms with Gasteiger partial charge in [-0.25, -0.2) is 4.79 Å². The van der Waals surface area contributed by atoms with E-state index in [1.54, 1.807) is 42.7 Å². The smallest absolute Gasteiger partial charge is 0.331 e. The summed E-state index contributed by atoms with van der Waals surface area (Å²) in [4.78, 5) is 27.8. The van der Waals surface area contributed by atoms with Gasteiger partial charge in [0.25, 0.3) is 5.91 Å². The van der Waals surface area contributed by atoms with Crippen molar-refractivity contribution in [3.63, 3.8) is 0 Å². The number of amides is 1. The fraction of sp³-hybridized carbons (Fsp3) is 0.190. The van der Waals surface area contributed by atoms with Crippen molar-refractivity contribution in [2.24, 2.45) is 0 Å². The molecule has 0 saturated heterocycles. The predicted molar refractivity (Wildman–Crippen MR) is 102 cm³/mol. The highest BCUT2D eigenvalue weighted by molar-refractivity contribution is 5.97. The Hall–Kier alpha value is -3.43. The third kappa shape index (κ3) is 6.10. The fourth-order valence-corrected chi connectivity index (χ4v) is 2.17. The Morgan fingerprint density at radius 1 is 1.19 bits per heavy atom. The number of ether oxygens (including phenoxy) is 1. The van der Waals surface area contributed by atoms with Gasteiger partial charge in [-0.1, -0.05) is 11.8 Å². The highest BCUT2D eigenvalue weighted by Crippen LogP contribution is 2.06. The van der Waals surface area contributed by atoms with Crippen molar-refractivity contribution < 1.29 is 19.4 Å². The Bertz CT molecular complexity index is 863. The molecule has 0 bridgehead atoms. The van der Waals surface area contributed by atoms with Crippen molar-refractivity contribution in [1.29, 1.82) is 0 Å². The molecule has 2 atom stereocenters.